The largest absolute Gasteiger partial charge is 0.494 e. The van der Waals surface area contributed by atoms with Gasteiger partial charge in [0.25, 0.3) is 0 Å². The van der Waals surface area contributed by atoms with Gasteiger partial charge >= 0.3 is 0 Å². The normalized spacial score (nSPS) is 10.9. The summed E-state index contributed by atoms with van der Waals surface area (Å²) in [7, 11) is 0. The summed E-state index contributed by atoms with van der Waals surface area (Å²) in [6.07, 6.45) is 1.10. The summed E-state index contributed by atoms with van der Waals surface area (Å²) in [6, 6.07) is 0. The Morgan fingerprint density at radius 3 is 2.55 bits per heavy atom. The summed E-state index contributed by atoms with van der Waals surface area (Å²) in [5.74, 6) is -0.361. The van der Waals surface area contributed by atoms with Gasteiger partial charge in [-0.2, -0.15) is 0 Å². The first kappa shape index (κ1) is 9.75. The molecule has 0 aromatic heterocycles. The molecule has 0 saturated carbocycles. The number of rotatable bonds is 4. The van der Waals surface area contributed by atoms with E-state index in [4.69, 9.17) is 10.5 Å². The van der Waals surface area contributed by atoms with Crippen molar-refractivity contribution in [2.75, 3.05) is 6.61 Å². The van der Waals surface area contributed by atoms with E-state index in [2.05, 4.69) is 13.2 Å². The highest BCUT2D eigenvalue weighted by molar-refractivity contribution is 5.24. The highest BCUT2D eigenvalue weighted by atomic mass is 19.1. The Hall–Kier alpha value is -1.25. The van der Waals surface area contributed by atoms with E-state index >= 15 is 0 Å². The third-order valence-corrected chi connectivity index (χ3v) is 0.924. The molecule has 0 amide bonds. The van der Waals surface area contributed by atoms with Gasteiger partial charge in [0.15, 0.2) is 0 Å². The van der Waals surface area contributed by atoms with Crippen molar-refractivity contribution >= 4 is 0 Å². The van der Waals surface area contributed by atoms with Crippen LogP contribution < -0.4 is 5.73 Å². The maximum Gasteiger partial charge on any atom is 0.149 e. The van der Waals surface area contributed by atoms with Crippen LogP contribution in [0.25, 0.3) is 0 Å². The van der Waals surface area contributed by atoms with E-state index in [0.717, 1.165) is 6.08 Å². The van der Waals surface area contributed by atoms with E-state index in [9.17, 15) is 4.39 Å². The second-order valence-corrected chi connectivity index (χ2v) is 1.92. The number of nitrogens with two attached hydrogens (primary N) is 1. The molecule has 2 N–H and O–H groups in total. The molecule has 0 atom stereocenters. The SMILES string of the molecule is C=C(/C=C(/F)C(=C)N)OCC. The Balaban J connectivity index is 4.08. The fraction of sp³-hybridized carbons (Fsp3) is 0.250. The van der Waals surface area contributed by atoms with Crippen LogP contribution in [0.3, 0.4) is 0 Å². The minimum atomic E-state index is -0.608. The van der Waals surface area contributed by atoms with Gasteiger partial charge in [-0.1, -0.05) is 13.2 Å². The highest BCUT2D eigenvalue weighted by Crippen LogP contribution is 2.07. The van der Waals surface area contributed by atoms with Crippen molar-refractivity contribution in [3.63, 3.8) is 0 Å². The monoisotopic (exact) mass is 157 g/mol. The molecule has 3 heteroatoms. The quantitative estimate of drug-likeness (QED) is 0.499. The topological polar surface area (TPSA) is 35.2 Å². The van der Waals surface area contributed by atoms with Crippen LogP contribution >= 0.6 is 0 Å². The lowest BCUT2D eigenvalue weighted by molar-refractivity contribution is 0.243. The van der Waals surface area contributed by atoms with Crippen LogP contribution in [0.5, 0.6) is 0 Å². The van der Waals surface area contributed by atoms with Crippen molar-refractivity contribution in [3.05, 3.63) is 36.5 Å². The first-order valence-corrected chi connectivity index (χ1v) is 3.21. The molecule has 0 bridgehead atoms. The van der Waals surface area contributed by atoms with Crippen LogP contribution in [0.15, 0.2) is 36.5 Å². The van der Waals surface area contributed by atoms with Gasteiger partial charge in [0.2, 0.25) is 0 Å². The number of hydrogen-bond acceptors (Lipinski definition) is 2. The summed E-state index contributed by atoms with van der Waals surface area (Å²) >= 11 is 0. The van der Waals surface area contributed by atoms with Crippen molar-refractivity contribution < 1.29 is 9.13 Å². The lowest BCUT2D eigenvalue weighted by atomic mass is 10.3. The maximum atomic E-state index is 12.6. The minimum Gasteiger partial charge on any atom is -0.494 e. The molecule has 0 unspecified atom stereocenters. The van der Waals surface area contributed by atoms with Gasteiger partial charge < -0.3 is 10.5 Å². The first-order valence-electron chi connectivity index (χ1n) is 3.21. The Kier molecular flexibility index (Phi) is 4.03. The summed E-state index contributed by atoms with van der Waals surface area (Å²) in [5, 5.41) is 0. The van der Waals surface area contributed by atoms with E-state index < -0.39 is 5.83 Å². The summed E-state index contributed by atoms with van der Waals surface area (Å²) in [6.45, 7) is 8.88. The van der Waals surface area contributed by atoms with Gasteiger partial charge in [-0.25, -0.2) is 4.39 Å². The van der Waals surface area contributed by atoms with Crippen LogP contribution in [-0.2, 0) is 4.74 Å². The predicted molar refractivity (Wildman–Crippen MR) is 43.3 cm³/mol. The molecule has 0 rings (SSSR count). The molecule has 0 aliphatic rings. The van der Waals surface area contributed by atoms with Crippen molar-refractivity contribution in [1.82, 2.24) is 0 Å². The standard InChI is InChI=1S/C8H12FNO/c1-4-11-6(2)5-8(9)7(3)10/h5H,2-4,10H2,1H3/b8-5+. The van der Waals surface area contributed by atoms with Crippen LogP contribution in [0.1, 0.15) is 6.92 Å². The molecular formula is C8H12FNO. The second kappa shape index (κ2) is 4.55. The van der Waals surface area contributed by atoms with Gasteiger partial charge in [0.1, 0.15) is 11.6 Å². The molecule has 0 fully saturated rings. The van der Waals surface area contributed by atoms with Crippen molar-refractivity contribution in [2.24, 2.45) is 5.73 Å². The molecule has 0 aromatic rings. The van der Waals surface area contributed by atoms with Crippen molar-refractivity contribution in [3.8, 4) is 0 Å². The number of ether oxygens (including phenoxy) is 1. The lowest BCUT2D eigenvalue weighted by Crippen LogP contribution is -1.96. The fourth-order valence-corrected chi connectivity index (χ4v) is 0.461. The molecular weight excluding hydrogens is 145 g/mol. The van der Waals surface area contributed by atoms with Gasteiger partial charge in [-0.15, -0.1) is 0 Å². The van der Waals surface area contributed by atoms with Gasteiger partial charge in [-0.3, -0.25) is 0 Å². The van der Waals surface area contributed by atoms with Crippen LogP contribution in [0, 0.1) is 0 Å². The van der Waals surface area contributed by atoms with Crippen LogP contribution in [0.2, 0.25) is 0 Å². The molecule has 2 nitrogen and oxygen atoms in total. The Morgan fingerprint density at radius 1 is 1.64 bits per heavy atom. The smallest absolute Gasteiger partial charge is 0.149 e. The average molecular weight is 157 g/mol. The Bertz CT molecular complexity index is 196. The van der Waals surface area contributed by atoms with Crippen molar-refractivity contribution in [2.45, 2.75) is 6.92 Å². The van der Waals surface area contributed by atoms with E-state index in [1.807, 2.05) is 0 Å². The number of halogens is 1. The van der Waals surface area contributed by atoms with E-state index in [1.165, 1.54) is 0 Å². The molecule has 0 aliphatic carbocycles. The summed E-state index contributed by atoms with van der Waals surface area (Å²) < 4.78 is 17.5. The zero-order valence-electron chi connectivity index (χ0n) is 6.56. The summed E-state index contributed by atoms with van der Waals surface area (Å²) in [5.41, 5.74) is 4.93. The zero-order chi connectivity index (χ0) is 8.85. The van der Waals surface area contributed by atoms with Crippen molar-refractivity contribution in [1.29, 1.82) is 0 Å². The van der Waals surface area contributed by atoms with Crippen LogP contribution in [0.4, 0.5) is 4.39 Å². The molecule has 0 radical (unpaired) electrons. The first-order chi connectivity index (χ1) is 5.07. The molecule has 11 heavy (non-hydrogen) atoms. The van der Waals surface area contributed by atoms with Gasteiger partial charge in [0.05, 0.1) is 12.3 Å². The van der Waals surface area contributed by atoms with Crippen LogP contribution in [-0.4, -0.2) is 6.61 Å². The number of allylic oxidation sites excluding steroid dienone is 2. The molecule has 0 spiro atoms. The molecule has 0 aromatic carbocycles. The van der Waals surface area contributed by atoms with E-state index in [1.54, 1.807) is 6.92 Å². The molecule has 62 valence electrons. The maximum absolute atomic E-state index is 12.6. The fourth-order valence-electron chi connectivity index (χ4n) is 0.461. The Labute approximate surface area is 65.8 Å². The third-order valence-electron chi connectivity index (χ3n) is 0.924. The second-order valence-electron chi connectivity index (χ2n) is 1.92. The minimum absolute atomic E-state index is 0.120. The third kappa shape index (κ3) is 4.19. The van der Waals surface area contributed by atoms with E-state index in [-0.39, 0.29) is 11.5 Å². The summed E-state index contributed by atoms with van der Waals surface area (Å²) in [4.78, 5) is 0. The highest BCUT2D eigenvalue weighted by Gasteiger charge is 1.96. The molecule has 0 saturated heterocycles. The lowest BCUT2D eigenvalue weighted by Gasteiger charge is -2.01. The van der Waals surface area contributed by atoms with Gasteiger partial charge in [-0.05, 0) is 6.92 Å². The predicted octanol–water partition coefficient (Wildman–Crippen LogP) is 1.86. The Morgan fingerprint density at radius 2 is 2.18 bits per heavy atom. The van der Waals surface area contributed by atoms with Gasteiger partial charge in [0, 0.05) is 6.08 Å². The average Bonchev–Trinajstić information content (AvgIpc) is 1.87. The molecule has 0 heterocycles. The number of hydrogen-bond donors (Lipinski definition) is 1. The van der Waals surface area contributed by atoms with E-state index in [0.29, 0.717) is 6.61 Å². The zero-order valence-corrected chi connectivity index (χ0v) is 6.56. The molecule has 0 aliphatic heterocycles.